The maximum absolute atomic E-state index is 11.9. The Kier molecular flexibility index (Phi) is 4.88. The van der Waals surface area contributed by atoms with E-state index in [1.165, 1.54) is 6.07 Å². The molecule has 19 heavy (non-hydrogen) atoms. The zero-order chi connectivity index (χ0) is 13.2. The number of halogens is 1. The van der Waals surface area contributed by atoms with Gasteiger partial charge in [-0.15, -0.1) is 12.4 Å². The van der Waals surface area contributed by atoms with Gasteiger partial charge >= 0.3 is 0 Å². The first-order chi connectivity index (χ1) is 8.49. The topological polar surface area (TPSA) is 89.3 Å². The Hall–Kier alpha value is -1.63. The standard InChI is InChI=1S/C12H12N2O3S.ClH/c13-12(15)8-14-18(16,17)11-6-5-9-3-1-2-4-10(9)7-11;/h1-7,14H,8H2,(H2,13,15);1H. The van der Waals surface area contributed by atoms with E-state index in [4.69, 9.17) is 5.73 Å². The van der Waals surface area contributed by atoms with Gasteiger partial charge in [-0.25, -0.2) is 13.1 Å². The molecule has 0 aromatic heterocycles. The number of sulfonamides is 1. The minimum absolute atomic E-state index is 0. The van der Waals surface area contributed by atoms with Gasteiger partial charge in [0.25, 0.3) is 0 Å². The minimum Gasteiger partial charge on any atom is -0.369 e. The molecule has 2 aromatic carbocycles. The molecule has 0 heterocycles. The lowest BCUT2D eigenvalue weighted by Gasteiger charge is -2.06. The minimum atomic E-state index is -3.70. The number of benzene rings is 2. The summed E-state index contributed by atoms with van der Waals surface area (Å²) in [6.45, 7) is -0.408. The Morgan fingerprint density at radius 1 is 1.11 bits per heavy atom. The van der Waals surface area contributed by atoms with Crippen LogP contribution in [0.1, 0.15) is 0 Å². The molecule has 0 atom stereocenters. The first-order valence-corrected chi connectivity index (χ1v) is 6.74. The average molecular weight is 301 g/mol. The molecule has 0 aliphatic rings. The summed E-state index contributed by atoms with van der Waals surface area (Å²) >= 11 is 0. The number of nitrogens with one attached hydrogen (secondary N) is 1. The molecule has 0 spiro atoms. The summed E-state index contributed by atoms with van der Waals surface area (Å²) in [5.41, 5.74) is 4.90. The highest BCUT2D eigenvalue weighted by Gasteiger charge is 2.14. The average Bonchev–Trinajstić information content (AvgIpc) is 2.36. The quantitative estimate of drug-likeness (QED) is 0.883. The highest BCUT2D eigenvalue weighted by Crippen LogP contribution is 2.18. The van der Waals surface area contributed by atoms with Crippen molar-refractivity contribution in [2.45, 2.75) is 4.90 Å². The Morgan fingerprint density at radius 2 is 1.74 bits per heavy atom. The summed E-state index contributed by atoms with van der Waals surface area (Å²) < 4.78 is 25.9. The van der Waals surface area contributed by atoms with Crippen molar-refractivity contribution in [1.29, 1.82) is 0 Å². The number of nitrogens with two attached hydrogens (primary N) is 1. The second-order valence-corrected chi connectivity index (χ2v) is 5.57. The molecule has 0 aliphatic heterocycles. The van der Waals surface area contributed by atoms with Crippen LogP contribution in [0.5, 0.6) is 0 Å². The van der Waals surface area contributed by atoms with Crippen molar-refractivity contribution >= 4 is 39.1 Å². The van der Waals surface area contributed by atoms with Crippen LogP contribution in [0.25, 0.3) is 10.8 Å². The normalized spacial score (nSPS) is 10.9. The van der Waals surface area contributed by atoms with Gasteiger partial charge in [-0.3, -0.25) is 4.79 Å². The van der Waals surface area contributed by atoms with E-state index in [2.05, 4.69) is 4.72 Å². The zero-order valence-electron chi connectivity index (χ0n) is 9.87. The van der Waals surface area contributed by atoms with Gasteiger partial charge in [0.05, 0.1) is 11.4 Å². The van der Waals surface area contributed by atoms with Crippen molar-refractivity contribution in [3.63, 3.8) is 0 Å². The smallest absolute Gasteiger partial charge is 0.241 e. The number of hydrogen-bond acceptors (Lipinski definition) is 3. The van der Waals surface area contributed by atoms with Gasteiger partial charge in [-0.05, 0) is 22.9 Å². The van der Waals surface area contributed by atoms with E-state index in [1.54, 1.807) is 12.1 Å². The number of rotatable bonds is 4. The van der Waals surface area contributed by atoms with Crippen LogP contribution in [-0.2, 0) is 14.8 Å². The maximum atomic E-state index is 11.9. The van der Waals surface area contributed by atoms with E-state index < -0.39 is 22.5 Å². The van der Waals surface area contributed by atoms with Gasteiger partial charge in [0.15, 0.2) is 0 Å². The Balaban J connectivity index is 0.00000180. The number of carbonyl (C=O) groups is 1. The van der Waals surface area contributed by atoms with E-state index in [0.717, 1.165) is 10.8 Å². The molecule has 7 heteroatoms. The highest BCUT2D eigenvalue weighted by molar-refractivity contribution is 7.89. The predicted octanol–water partition coefficient (Wildman–Crippen LogP) is 1.03. The number of primary amides is 1. The Morgan fingerprint density at radius 3 is 2.37 bits per heavy atom. The molecule has 2 rings (SSSR count). The molecule has 0 saturated carbocycles. The van der Waals surface area contributed by atoms with Crippen molar-refractivity contribution in [3.05, 3.63) is 42.5 Å². The second kappa shape index (κ2) is 6.01. The maximum Gasteiger partial charge on any atom is 0.241 e. The van der Waals surface area contributed by atoms with Crippen molar-refractivity contribution in [3.8, 4) is 0 Å². The lowest BCUT2D eigenvalue weighted by Crippen LogP contribution is -2.33. The van der Waals surface area contributed by atoms with Gasteiger partial charge in [0.2, 0.25) is 15.9 Å². The molecule has 0 saturated heterocycles. The first-order valence-electron chi connectivity index (χ1n) is 5.26. The fourth-order valence-corrected chi connectivity index (χ4v) is 2.61. The van der Waals surface area contributed by atoms with Crippen LogP contribution in [0.15, 0.2) is 47.4 Å². The van der Waals surface area contributed by atoms with Gasteiger partial charge in [-0.2, -0.15) is 0 Å². The second-order valence-electron chi connectivity index (χ2n) is 3.80. The number of amides is 1. The Labute approximate surface area is 117 Å². The molecule has 0 radical (unpaired) electrons. The van der Waals surface area contributed by atoms with Crippen LogP contribution >= 0.6 is 12.4 Å². The number of carbonyl (C=O) groups excluding carboxylic acids is 1. The molecule has 0 unspecified atom stereocenters. The summed E-state index contributed by atoms with van der Waals surface area (Å²) in [7, 11) is -3.70. The largest absolute Gasteiger partial charge is 0.369 e. The lowest BCUT2D eigenvalue weighted by atomic mass is 10.1. The molecule has 5 nitrogen and oxygen atoms in total. The lowest BCUT2D eigenvalue weighted by molar-refractivity contribution is -0.116. The van der Waals surface area contributed by atoms with Crippen LogP contribution in [0.2, 0.25) is 0 Å². The summed E-state index contributed by atoms with van der Waals surface area (Å²) in [4.78, 5) is 10.7. The van der Waals surface area contributed by atoms with Crippen molar-refractivity contribution < 1.29 is 13.2 Å². The fraction of sp³-hybridized carbons (Fsp3) is 0.0833. The molecule has 3 N–H and O–H groups in total. The van der Waals surface area contributed by atoms with Crippen molar-refractivity contribution in [2.24, 2.45) is 5.73 Å². The van der Waals surface area contributed by atoms with E-state index >= 15 is 0 Å². The molecule has 102 valence electrons. The van der Waals surface area contributed by atoms with Crippen LogP contribution in [0.3, 0.4) is 0 Å². The third kappa shape index (κ3) is 3.66. The molecule has 0 bridgehead atoms. The van der Waals surface area contributed by atoms with Gasteiger partial charge < -0.3 is 5.73 Å². The fourth-order valence-electron chi connectivity index (χ4n) is 1.58. The van der Waals surface area contributed by atoms with E-state index in [0.29, 0.717) is 0 Å². The van der Waals surface area contributed by atoms with Crippen LogP contribution < -0.4 is 10.5 Å². The SMILES string of the molecule is Cl.NC(=O)CNS(=O)(=O)c1ccc2ccccc2c1. The van der Waals surface area contributed by atoms with Crippen LogP contribution in [0.4, 0.5) is 0 Å². The summed E-state index contributed by atoms with van der Waals surface area (Å²) in [6, 6.07) is 12.2. The molecule has 0 fully saturated rings. The molecule has 2 aromatic rings. The van der Waals surface area contributed by atoms with E-state index in [1.807, 2.05) is 24.3 Å². The zero-order valence-corrected chi connectivity index (χ0v) is 11.5. The molecular formula is C12H13ClN2O3S. The van der Waals surface area contributed by atoms with Crippen LogP contribution in [-0.4, -0.2) is 20.9 Å². The van der Waals surface area contributed by atoms with Crippen LogP contribution in [0, 0.1) is 0 Å². The van der Waals surface area contributed by atoms with Gasteiger partial charge in [0, 0.05) is 0 Å². The third-order valence-corrected chi connectivity index (χ3v) is 3.87. The monoisotopic (exact) mass is 300 g/mol. The van der Waals surface area contributed by atoms with E-state index in [9.17, 15) is 13.2 Å². The molecule has 0 aliphatic carbocycles. The summed E-state index contributed by atoms with van der Waals surface area (Å²) in [5, 5.41) is 1.77. The number of hydrogen-bond donors (Lipinski definition) is 2. The summed E-state index contributed by atoms with van der Waals surface area (Å²) in [6.07, 6.45) is 0. The molecule has 1 amide bonds. The number of fused-ring (bicyclic) bond motifs is 1. The highest BCUT2D eigenvalue weighted by atomic mass is 35.5. The third-order valence-electron chi connectivity index (χ3n) is 2.47. The summed E-state index contributed by atoms with van der Waals surface area (Å²) in [5.74, 6) is -0.723. The van der Waals surface area contributed by atoms with Gasteiger partial charge in [0.1, 0.15) is 0 Å². The Bertz CT molecular complexity index is 701. The van der Waals surface area contributed by atoms with Crippen molar-refractivity contribution in [2.75, 3.05) is 6.54 Å². The van der Waals surface area contributed by atoms with Crippen molar-refractivity contribution in [1.82, 2.24) is 4.72 Å². The van der Waals surface area contributed by atoms with Gasteiger partial charge in [-0.1, -0.05) is 30.3 Å². The first kappa shape index (κ1) is 15.4. The predicted molar refractivity (Wildman–Crippen MR) is 75.6 cm³/mol. The molecular weight excluding hydrogens is 288 g/mol. The van der Waals surface area contributed by atoms with E-state index in [-0.39, 0.29) is 17.3 Å².